The highest BCUT2D eigenvalue weighted by molar-refractivity contribution is 7.92. The molecule has 6 rings (SSSR count). The summed E-state index contributed by atoms with van der Waals surface area (Å²) in [6, 6.07) is 12.8. The number of fused-ring (bicyclic) bond motifs is 2. The first-order valence-corrected chi connectivity index (χ1v) is 14.4. The zero-order valence-electron chi connectivity index (χ0n) is 22.4. The average Bonchev–Trinajstić information content (AvgIpc) is 3.57. The number of hydrogen-bond acceptors (Lipinski definition) is 7. The molecule has 0 fully saturated rings. The molecule has 0 aliphatic rings. The highest BCUT2D eigenvalue weighted by Gasteiger charge is 2.26. The third kappa shape index (κ3) is 4.63. The number of nitrogens with zero attached hydrogens (tertiary/aromatic N) is 4. The Morgan fingerprint density at radius 1 is 0.976 bits per heavy atom. The van der Waals surface area contributed by atoms with Gasteiger partial charge in [0.05, 0.1) is 23.1 Å². The number of anilines is 1. The number of imidazole rings is 1. The van der Waals surface area contributed by atoms with E-state index in [0.717, 1.165) is 10.6 Å². The van der Waals surface area contributed by atoms with Crippen LogP contribution in [0.2, 0.25) is 0 Å². The zero-order valence-corrected chi connectivity index (χ0v) is 23.3. The first-order chi connectivity index (χ1) is 20.0. The number of sulfonamides is 1. The van der Waals surface area contributed by atoms with Crippen molar-refractivity contribution in [2.24, 2.45) is 0 Å². The topological polar surface area (TPSA) is 134 Å². The number of aromatic amines is 1. The van der Waals surface area contributed by atoms with Gasteiger partial charge >= 0.3 is 0 Å². The Morgan fingerprint density at radius 2 is 1.69 bits per heavy atom. The number of carbonyl (C=O) groups is 1. The van der Waals surface area contributed by atoms with E-state index in [9.17, 15) is 17.6 Å². The van der Waals surface area contributed by atoms with Gasteiger partial charge in [0.25, 0.3) is 5.91 Å². The molecule has 3 heterocycles. The zero-order chi connectivity index (χ0) is 29.8. The van der Waals surface area contributed by atoms with Crippen molar-refractivity contribution in [1.82, 2.24) is 25.3 Å². The molecule has 3 aromatic carbocycles. The van der Waals surface area contributed by atoms with Gasteiger partial charge in [-0.15, -0.1) is 0 Å². The minimum absolute atomic E-state index is 0.103. The van der Waals surface area contributed by atoms with Crippen LogP contribution in [0.3, 0.4) is 0 Å². The van der Waals surface area contributed by atoms with Gasteiger partial charge in [0.1, 0.15) is 28.8 Å². The molecule has 10 nitrogen and oxygen atoms in total. The van der Waals surface area contributed by atoms with Crippen molar-refractivity contribution < 1.29 is 26.4 Å². The van der Waals surface area contributed by atoms with Gasteiger partial charge in [0.15, 0.2) is 11.3 Å². The maximum atomic E-state index is 15.1. The molecule has 1 amide bonds. The van der Waals surface area contributed by atoms with E-state index in [1.165, 1.54) is 75.0 Å². The van der Waals surface area contributed by atoms with Crippen LogP contribution in [0, 0.1) is 11.6 Å². The van der Waals surface area contributed by atoms with Gasteiger partial charge in [0, 0.05) is 49.1 Å². The monoisotopic (exact) mass is 588 g/mol. The summed E-state index contributed by atoms with van der Waals surface area (Å²) in [5.41, 5.74) is 2.65. The lowest BCUT2D eigenvalue weighted by Gasteiger charge is -2.21. The van der Waals surface area contributed by atoms with Crippen molar-refractivity contribution in [2.75, 3.05) is 24.7 Å². The molecule has 2 N–H and O–H groups in total. The van der Waals surface area contributed by atoms with Crippen LogP contribution >= 0.6 is 0 Å². The predicted molar refractivity (Wildman–Crippen MR) is 154 cm³/mol. The van der Waals surface area contributed by atoms with Crippen LogP contribution in [0.15, 0.2) is 71.4 Å². The van der Waals surface area contributed by atoms with Gasteiger partial charge in [-0.2, -0.15) is 0 Å². The van der Waals surface area contributed by atoms with Crippen LogP contribution in [-0.4, -0.2) is 54.6 Å². The summed E-state index contributed by atoms with van der Waals surface area (Å²) in [5.74, 6) is -1.15. The van der Waals surface area contributed by atoms with Gasteiger partial charge in [0.2, 0.25) is 10.0 Å². The number of H-pyrrole nitrogens is 1. The molecule has 6 aromatic rings. The lowest BCUT2D eigenvalue weighted by atomic mass is 9.97. The van der Waals surface area contributed by atoms with Crippen molar-refractivity contribution >= 4 is 43.9 Å². The number of carbonyl (C=O) groups excluding carboxylic acids is 1. The van der Waals surface area contributed by atoms with Gasteiger partial charge in [-0.1, -0.05) is 6.07 Å². The lowest BCUT2D eigenvalue weighted by Crippen LogP contribution is -2.25. The van der Waals surface area contributed by atoms with Crippen LogP contribution in [-0.2, 0) is 10.0 Å². The molecular weight excluding hydrogens is 566 g/mol. The van der Waals surface area contributed by atoms with Crippen LogP contribution < -0.4 is 9.62 Å². The van der Waals surface area contributed by atoms with E-state index in [0.29, 0.717) is 33.4 Å². The van der Waals surface area contributed by atoms with E-state index in [2.05, 4.69) is 25.3 Å². The summed E-state index contributed by atoms with van der Waals surface area (Å²) in [5, 5.41) is 2.97. The normalized spacial score (nSPS) is 11.7. The molecule has 212 valence electrons. The van der Waals surface area contributed by atoms with E-state index >= 15 is 4.39 Å². The molecule has 0 radical (unpaired) electrons. The maximum absolute atomic E-state index is 15.1. The van der Waals surface area contributed by atoms with Crippen LogP contribution in [0.1, 0.15) is 10.4 Å². The van der Waals surface area contributed by atoms with Gasteiger partial charge in [-0.05, 0) is 48.0 Å². The molecule has 0 aliphatic heterocycles. The van der Waals surface area contributed by atoms with Gasteiger partial charge in [-0.25, -0.2) is 32.2 Å². The first kappa shape index (κ1) is 27.0. The summed E-state index contributed by atoms with van der Waals surface area (Å²) < 4.78 is 61.3. The lowest BCUT2D eigenvalue weighted by molar-refractivity contribution is 0.0964. The van der Waals surface area contributed by atoms with Crippen molar-refractivity contribution in [1.29, 1.82) is 0 Å². The molecule has 0 aliphatic carbocycles. The van der Waals surface area contributed by atoms with Gasteiger partial charge in [-0.3, -0.25) is 9.10 Å². The standard InChI is InChI=1S/C29H22F2N6O4S/c1-32-29(38)24-20-13-18(16-6-9-21(31)19(12-16)26-35-27-28(36-26)34-11-10-33-27)22(37(2)42(3,39)40)14-23(20)41-25(24)15-4-7-17(30)8-5-15/h4-14H,1-3H3,(H,32,38)(H,33,34,35,36). The van der Waals surface area contributed by atoms with Crippen molar-refractivity contribution in [3.63, 3.8) is 0 Å². The highest BCUT2D eigenvalue weighted by atomic mass is 32.2. The fraction of sp³-hybridized carbons (Fsp3) is 0.103. The summed E-state index contributed by atoms with van der Waals surface area (Å²) in [6.07, 6.45) is 4.00. The number of furan rings is 1. The van der Waals surface area contributed by atoms with E-state index in [1.54, 1.807) is 6.07 Å². The fourth-order valence-electron chi connectivity index (χ4n) is 4.71. The van der Waals surface area contributed by atoms with Crippen LogP contribution in [0.25, 0.3) is 56.1 Å². The summed E-state index contributed by atoms with van der Waals surface area (Å²) in [6.45, 7) is 0. The van der Waals surface area contributed by atoms with Crippen molar-refractivity contribution in [2.45, 2.75) is 0 Å². The third-order valence-electron chi connectivity index (χ3n) is 6.87. The molecule has 0 bridgehead atoms. The number of amides is 1. The van der Waals surface area contributed by atoms with Crippen LogP contribution in [0.5, 0.6) is 0 Å². The molecular formula is C29H22F2N6O4S. The molecule has 0 atom stereocenters. The number of hydrogen-bond donors (Lipinski definition) is 2. The third-order valence-corrected chi connectivity index (χ3v) is 8.06. The number of aromatic nitrogens is 4. The number of nitrogens with one attached hydrogen (secondary N) is 2. The molecule has 13 heteroatoms. The summed E-state index contributed by atoms with van der Waals surface area (Å²) >= 11 is 0. The van der Waals surface area contributed by atoms with E-state index in [1.807, 2.05) is 0 Å². The average molecular weight is 589 g/mol. The summed E-state index contributed by atoms with van der Waals surface area (Å²) in [4.78, 5) is 28.7. The van der Waals surface area contributed by atoms with Crippen molar-refractivity contribution in [3.05, 3.63) is 84.2 Å². The second kappa shape index (κ2) is 10.0. The Morgan fingerprint density at radius 3 is 2.38 bits per heavy atom. The minimum atomic E-state index is -3.76. The predicted octanol–water partition coefficient (Wildman–Crippen LogP) is 5.13. The Hall–Kier alpha value is -5.17. The largest absolute Gasteiger partial charge is 0.455 e. The SMILES string of the molecule is CNC(=O)c1c(-c2ccc(F)cc2)oc2cc(N(C)S(C)(=O)=O)c(-c3ccc(F)c(-c4nc5nccnc5[nH]4)c3)cc12. The van der Waals surface area contributed by atoms with E-state index < -0.39 is 27.6 Å². The Bertz CT molecular complexity index is 2090. The maximum Gasteiger partial charge on any atom is 0.255 e. The fourth-order valence-corrected chi connectivity index (χ4v) is 5.21. The van der Waals surface area contributed by atoms with Crippen molar-refractivity contribution in [3.8, 4) is 33.8 Å². The Balaban J connectivity index is 1.63. The molecule has 0 spiro atoms. The number of halogens is 2. The van der Waals surface area contributed by atoms with E-state index in [4.69, 9.17) is 4.42 Å². The molecule has 42 heavy (non-hydrogen) atoms. The Labute approximate surface area is 238 Å². The van der Waals surface area contributed by atoms with Crippen LogP contribution in [0.4, 0.5) is 14.5 Å². The quantitative estimate of drug-likeness (QED) is 0.275. The summed E-state index contributed by atoms with van der Waals surface area (Å²) in [7, 11) is -0.919. The molecule has 3 aromatic heterocycles. The second-order valence-corrected chi connectivity index (χ2v) is 11.5. The van der Waals surface area contributed by atoms with Gasteiger partial charge < -0.3 is 14.7 Å². The smallest absolute Gasteiger partial charge is 0.255 e. The molecule has 0 saturated carbocycles. The Kier molecular flexibility index (Phi) is 6.45. The first-order valence-electron chi connectivity index (χ1n) is 12.5. The second-order valence-electron chi connectivity index (χ2n) is 9.50. The molecule has 0 unspecified atom stereocenters. The minimum Gasteiger partial charge on any atom is -0.455 e. The molecule has 0 saturated heterocycles. The van der Waals surface area contributed by atoms with E-state index in [-0.39, 0.29) is 34.0 Å². The number of rotatable bonds is 6. The number of benzene rings is 3. The highest BCUT2D eigenvalue weighted by Crippen LogP contribution is 2.42.